The van der Waals surface area contributed by atoms with Gasteiger partial charge in [0.15, 0.2) is 0 Å². The van der Waals surface area contributed by atoms with E-state index in [4.69, 9.17) is 4.74 Å². The van der Waals surface area contributed by atoms with Gasteiger partial charge in [0.1, 0.15) is 5.75 Å². The number of para-hydroxylation sites is 1. The lowest BCUT2D eigenvalue weighted by atomic mass is 9.98. The molecule has 2 aliphatic heterocycles. The molecule has 1 amide bonds. The van der Waals surface area contributed by atoms with Gasteiger partial charge in [0.25, 0.3) is 0 Å². The molecule has 1 aromatic carbocycles. The molecule has 1 unspecified atom stereocenters. The lowest BCUT2D eigenvalue weighted by molar-refractivity contribution is -0.127. The molecule has 2 aliphatic rings. The summed E-state index contributed by atoms with van der Waals surface area (Å²) in [5.41, 5.74) is 1.11. The number of carbonyl (C=O) groups excluding carboxylic acids is 1. The summed E-state index contributed by atoms with van der Waals surface area (Å²) in [6.07, 6.45) is 1.92. The Labute approximate surface area is 119 Å². The summed E-state index contributed by atoms with van der Waals surface area (Å²) in [6, 6.07) is 8.09. The molecule has 1 saturated heterocycles. The third-order valence-corrected chi connectivity index (χ3v) is 3.66. The molecule has 2 N–H and O–H groups in total. The molecular formula is C14H19ClN2O2. The van der Waals surface area contributed by atoms with E-state index in [0.717, 1.165) is 43.9 Å². The minimum Gasteiger partial charge on any atom is -0.493 e. The number of hydrogen-bond acceptors (Lipinski definition) is 3. The van der Waals surface area contributed by atoms with Crippen LogP contribution in [0.3, 0.4) is 0 Å². The van der Waals surface area contributed by atoms with Crippen molar-refractivity contribution in [2.75, 3.05) is 19.7 Å². The van der Waals surface area contributed by atoms with Gasteiger partial charge in [-0.05, 0) is 18.9 Å². The zero-order valence-electron chi connectivity index (χ0n) is 10.7. The van der Waals surface area contributed by atoms with E-state index in [1.807, 2.05) is 24.3 Å². The second kappa shape index (κ2) is 6.26. The van der Waals surface area contributed by atoms with Crippen molar-refractivity contribution in [3.05, 3.63) is 29.8 Å². The number of ether oxygens (including phenoxy) is 1. The van der Waals surface area contributed by atoms with Crippen molar-refractivity contribution >= 4 is 18.3 Å². The highest BCUT2D eigenvalue weighted by Gasteiger charge is 2.28. The lowest BCUT2D eigenvalue weighted by Crippen LogP contribution is -2.51. The standard InChI is InChI=1S/C14H18N2O2.ClH/c17-14(10-8-15-9-10)16-12-5-3-7-18-13-6-2-1-4-11(12)13;/h1-2,4,6,10,12,15H,3,5,7-9H2,(H,16,17);1H. The Morgan fingerprint density at radius 2 is 2.11 bits per heavy atom. The molecule has 0 saturated carbocycles. The van der Waals surface area contributed by atoms with E-state index < -0.39 is 0 Å². The topological polar surface area (TPSA) is 50.4 Å². The van der Waals surface area contributed by atoms with Crippen LogP contribution in [0.1, 0.15) is 24.4 Å². The number of fused-ring (bicyclic) bond motifs is 1. The molecule has 2 heterocycles. The van der Waals surface area contributed by atoms with Crippen LogP contribution in [0.5, 0.6) is 5.75 Å². The van der Waals surface area contributed by atoms with Crippen LogP contribution in [0.2, 0.25) is 0 Å². The Hall–Kier alpha value is -1.26. The Bertz CT molecular complexity index is 449. The molecule has 0 bridgehead atoms. The molecule has 104 valence electrons. The van der Waals surface area contributed by atoms with Crippen LogP contribution in [-0.2, 0) is 4.79 Å². The molecule has 3 rings (SSSR count). The Morgan fingerprint density at radius 1 is 1.32 bits per heavy atom. The molecule has 5 heteroatoms. The molecule has 4 nitrogen and oxygen atoms in total. The molecule has 0 spiro atoms. The van der Waals surface area contributed by atoms with E-state index in [1.165, 1.54) is 0 Å². The lowest BCUT2D eigenvalue weighted by Gasteiger charge is -2.28. The maximum atomic E-state index is 12.0. The van der Waals surface area contributed by atoms with Gasteiger partial charge in [-0.1, -0.05) is 18.2 Å². The van der Waals surface area contributed by atoms with Crippen molar-refractivity contribution in [1.82, 2.24) is 10.6 Å². The fourth-order valence-electron chi connectivity index (χ4n) is 2.44. The average Bonchev–Trinajstić information content (AvgIpc) is 2.50. The highest BCUT2D eigenvalue weighted by atomic mass is 35.5. The fraction of sp³-hybridized carbons (Fsp3) is 0.500. The molecule has 1 atom stereocenters. The van der Waals surface area contributed by atoms with Crippen molar-refractivity contribution in [1.29, 1.82) is 0 Å². The van der Waals surface area contributed by atoms with Gasteiger partial charge < -0.3 is 15.4 Å². The highest BCUT2D eigenvalue weighted by molar-refractivity contribution is 5.85. The second-order valence-corrected chi connectivity index (χ2v) is 4.94. The van der Waals surface area contributed by atoms with Gasteiger partial charge in [0.2, 0.25) is 5.91 Å². The van der Waals surface area contributed by atoms with Gasteiger partial charge in [-0.25, -0.2) is 0 Å². The van der Waals surface area contributed by atoms with E-state index in [1.54, 1.807) is 0 Å². The Morgan fingerprint density at radius 3 is 2.84 bits per heavy atom. The number of carbonyl (C=O) groups is 1. The maximum Gasteiger partial charge on any atom is 0.226 e. The maximum absolute atomic E-state index is 12.0. The third kappa shape index (κ3) is 3.01. The molecule has 0 aromatic heterocycles. The first-order chi connectivity index (χ1) is 8.84. The third-order valence-electron chi connectivity index (χ3n) is 3.66. The Kier molecular flexibility index (Phi) is 4.66. The first-order valence-electron chi connectivity index (χ1n) is 6.57. The van der Waals surface area contributed by atoms with Gasteiger partial charge in [-0.3, -0.25) is 4.79 Å². The van der Waals surface area contributed by atoms with E-state index in [0.29, 0.717) is 0 Å². The first-order valence-corrected chi connectivity index (χ1v) is 6.57. The predicted octanol–water partition coefficient (Wildman–Crippen LogP) is 1.66. The summed E-state index contributed by atoms with van der Waals surface area (Å²) >= 11 is 0. The summed E-state index contributed by atoms with van der Waals surface area (Å²) in [5.74, 6) is 1.21. The summed E-state index contributed by atoms with van der Waals surface area (Å²) < 4.78 is 5.70. The first kappa shape index (κ1) is 14.2. The van der Waals surface area contributed by atoms with Crippen LogP contribution in [0.4, 0.5) is 0 Å². The number of amides is 1. The smallest absolute Gasteiger partial charge is 0.226 e. The van der Waals surface area contributed by atoms with E-state index >= 15 is 0 Å². The van der Waals surface area contributed by atoms with E-state index in [2.05, 4.69) is 10.6 Å². The fourth-order valence-corrected chi connectivity index (χ4v) is 2.44. The largest absolute Gasteiger partial charge is 0.493 e. The van der Waals surface area contributed by atoms with Crippen molar-refractivity contribution in [3.8, 4) is 5.75 Å². The zero-order chi connectivity index (χ0) is 12.4. The molecule has 1 fully saturated rings. The number of hydrogen-bond donors (Lipinski definition) is 2. The van der Waals surface area contributed by atoms with Crippen LogP contribution in [0.25, 0.3) is 0 Å². The number of nitrogens with one attached hydrogen (secondary N) is 2. The summed E-state index contributed by atoms with van der Waals surface area (Å²) in [6.45, 7) is 2.34. The van der Waals surface area contributed by atoms with Crippen LogP contribution in [0, 0.1) is 5.92 Å². The summed E-state index contributed by atoms with van der Waals surface area (Å²) in [7, 11) is 0. The number of rotatable bonds is 2. The van der Waals surface area contributed by atoms with Crippen molar-refractivity contribution in [2.24, 2.45) is 5.92 Å². The molecule has 0 radical (unpaired) electrons. The quantitative estimate of drug-likeness (QED) is 0.867. The monoisotopic (exact) mass is 282 g/mol. The Balaban J connectivity index is 0.00000133. The molecule has 1 aromatic rings. The minimum absolute atomic E-state index is 0. The zero-order valence-corrected chi connectivity index (χ0v) is 11.5. The normalized spacial score (nSPS) is 22.0. The van der Waals surface area contributed by atoms with E-state index in [9.17, 15) is 4.79 Å². The van der Waals surface area contributed by atoms with Crippen LogP contribution >= 0.6 is 12.4 Å². The van der Waals surface area contributed by atoms with Crippen LogP contribution in [0.15, 0.2) is 24.3 Å². The van der Waals surface area contributed by atoms with Crippen molar-refractivity contribution < 1.29 is 9.53 Å². The summed E-state index contributed by atoms with van der Waals surface area (Å²) in [5, 5.41) is 6.28. The van der Waals surface area contributed by atoms with Crippen molar-refractivity contribution in [3.63, 3.8) is 0 Å². The van der Waals surface area contributed by atoms with Gasteiger partial charge in [-0.15, -0.1) is 12.4 Å². The van der Waals surface area contributed by atoms with Crippen LogP contribution in [-0.4, -0.2) is 25.6 Å². The molecular weight excluding hydrogens is 264 g/mol. The SMILES string of the molecule is Cl.O=C(NC1CCCOc2ccccc21)C1CNC1. The van der Waals surface area contributed by atoms with Gasteiger partial charge in [0.05, 0.1) is 18.6 Å². The molecule has 19 heavy (non-hydrogen) atoms. The minimum atomic E-state index is 0. The van der Waals surface area contributed by atoms with Crippen molar-refractivity contribution in [2.45, 2.75) is 18.9 Å². The summed E-state index contributed by atoms with van der Waals surface area (Å²) in [4.78, 5) is 12.0. The number of benzene rings is 1. The second-order valence-electron chi connectivity index (χ2n) is 4.94. The van der Waals surface area contributed by atoms with Crippen LogP contribution < -0.4 is 15.4 Å². The number of halogens is 1. The molecule has 0 aliphatic carbocycles. The van der Waals surface area contributed by atoms with Gasteiger partial charge in [-0.2, -0.15) is 0 Å². The average molecular weight is 283 g/mol. The highest BCUT2D eigenvalue weighted by Crippen LogP contribution is 2.31. The van der Waals surface area contributed by atoms with E-state index in [-0.39, 0.29) is 30.3 Å². The van der Waals surface area contributed by atoms with Gasteiger partial charge in [0, 0.05) is 18.7 Å². The predicted molar refractivity (Wildman–Crippen MR) is 75.7 cm³/mol. The van der Waals surface area contributed by atoms with Gasteiger partial charge >= 0.3 is 0 Å².